The van der Waals surface area contributed by atoms with Crippen LogP contribution in [0.4, 0.5) is 10.2 Å². The van der Waals surface area contributed by atoms with Gasteiger partial charge in [0.05, 0.1) is 62.3 Å². The van der Waals surface area contributed by atoms with E-state index in [-0.39, 0.29) is 46.9 Å². The molecule has 5 aromatic rings. The summed E-state index contributed by atoms with van der Waals surface area (Å²) in [5, 5.41) is 9.71. The highest BCUT2D eigenvalue weighted by molar-refractivity contribution is 9.10. The highest BCUT2D eigenvalue weighted by Gasteiger charge is 2.27. The molecule has 2 aliphatic heterocycles. The number of Topliss-reactive ketones (excluding diaryl/α,β-unsaturated/α-hetero) is 1. The molecule has 2 saturated heterocycles. The van der Waals surface area contributed by atoms with E-state index in [2.05, 4.69) is 32.0 Å². The lowest BCUT2D eigenvalue weighted by Crippen LogP contribution is -2.33. The van der Waals surface area contributed by atoms with Crippen molar-refractivity contribution in [1.29, 1.82) is 5.26 Å². The third-order valence-electron chi connectivity index (χ3n) is 9.91. The lowest BCUT2D eigenvalue weighted by Gasteiger charge is -2.28. The van der Waals surface area contributed by atoms with Gasteiger partial charge < -0.3 is 34.0 Å². The number of halogens is 2. The molecule has 288 valence electrons. The third kappa shape index (κ3) is 8.82. The number of rotatable bonds is 12. The SMILES string of the molecule is COc1cc(-c2cnc(N)c(-c3ccc(CC(=O)c4cn(CC5CCOCC5C#N)cc(-c5ccc(Br)cn5)c4=O)cc3F)c2)ccc1OC[C@H]1COCCO1. The zero-order valence-electron chi connectivity index (χ0n) is 30.6. The Morgan fingerprint density at radius 3 is 2.59 bits per heavy atom. The molecule has 2 unspecified atom stereocenters. The van der Waals surface area contributed by atoms with E-state index >= 15 is 4.39 Å². The number of nitriles is 1. The van der Waals surface area contributed by atoms with Gasteiger partial charge in [-0.15, -0.1) is 0 Å². The van der Waals surface area contributed by atoms with Crippen LogP contribution in [0.1, 0.15) is 22.3 Å². The molecule has 56 heavy (non-hydrogen) atoms. The number of carbonyl (C=O) groups is 1. The number of nitrogens with zero attached hydrogens (tertiary/aromatic N) is 4. The van der Waals surface area contributed by atoms with Crippen molar-refractivity contribution in [3.8, 4) is 51.1 Å². The molecule has 3 atom stereocenters. The minimum Gasteiger partial charge on any atom is -0.493 e. The van der Waals surface area contributed by atoms with Crippen LogP contribution in [0.5, 0.6) is 11.5 Å². The van der Waals surface area contributed by atoms with Gasteiger partial charge in [0.25, 0.3) is 0 Å². The molecule has 7 rings (SSSR count). The van der Waals surface area contributed by atoms with Crippen molar-refractivity contribution >= 4 is 27.5 Å². The van der Waals surface area contributed by atoms with Crippen LogP contribution in [0, 0.1) is 29.0 Å². The second-order valence-electron chi connectivity index (χ2n) is 13.6. The summed E-state index contributed by atoms with van der Waals surface area (Å²) >= 11 is 3.37. The van der Waals surface area contributed by atoms with Gasteiger partial charge in [-0.3, -0.25) is 14.6 Å². The zero-order chi connectivity index (χ0) is 39.2. The summed E-state index contributed by atoms with van der Waals surface area (Å²) in [6.45, 7) is 3.09. The second kappa shape index (κ2) is 17.6. The van der Waals surface area contributed by atoms with E-state index in [1.54, 1.807) is 72.7 Å². The Labute approximate surface area is 331 Å². The number of ether oxygens (including phenoxy) is 5. The molecule has 0 saturated carbocycles. The first-order valence-corrected chi connectivity index (χ1v) is 18.9. The summed E-state index contributed by atoms with van der Waals surface area (Å²) < 4.78 is 46.6. The largest absolute Gasteiger partial charge is 0.493 e. The molecule has 0 aliphatic carbocycles. The summed E-state index contributed by atoms with van der Waals surface area (Å²) in [7, 11) is 1.55. The predicted octanol–water partition coefficient (Wildman–Crippen LogP) is 6.53. The molecule has 0 bridgehead atoms. The maximum absolute atomic E-state index is 15.9. The Morgan fingerprint density at radius 1 is 0.982 bits per heavy atom. The van der Waals surface area contributed by atoms with Crippen molar-refractivity contribution in [1.82, 2.24) is 14.5 Å². The van der Waals surface area contributed by atoms with Crippen molar-refractivity contribution in [3.05, 3.63) is 111 Å². The monoisotopic (exact) mass is 823 g/mol. The fraction of sp³-hybridized carbons (Fsp3) is 0.310. The zero-order valence-corrected chi connectivity index (χ0v) is 32.2. The number of hydrogen-bond acceptors (Lipinski definition) is 11. The molecule has 14 heteroatoms. The number of carbonyl (C=O) groups excluding carboxylic acids is 1. The summed E-state index contributed by atoms with van der Waals surface area (Å²) in [4.78, 5) is 36.4. The molecular weight excluding hydrogens is 785 g/mol. The van der Waals surface area contributed by atoms with Crippen LogP contribution < -0.4 is 20.6 Å². The molecule has 0 spiro atoms. The number of aromatic nitrogens is 3. The van der Waals surface area contributed by atoms with Crippen LogP contribution in [0.25, 0.3) is 33.5 Å². The topological polar surface area (TPSA) is 161 Å². The third-order valence-corrected chi connectivity index (χ3v) is 10.4. The summed E-state index contributed by atoms with van der Waals surface area (Å²) in [5.41, 5.74) is 8.73. The Kier molecular flexibility index (Phi) is 12.2. The first-order chi connectivity index (χ1) is 27.2. The number of nitrogen functional groups attached to an aromatic ring is 1. The summed E-state index contributed by atoms with van der Waals surface area (Å²) in [5.74, 6) is -0.295. The molecule has 2 aliphatic rings. The number of benzene rings is 2. The molecule has 0 amide bonds. The minimum absolute atomic E-state index is 0.0372. The minimum atomic E-state index is -0.608. The number of anilines is 1. The quantitative estimate of drug-likeness (QED) is 0.136. The fourth-order valence-electron chi connectivity index (χ4n) is 6.87. The van der Waals surface area contributed by atoms with Crippen LogP contribution in [0.15, 0.2) is 88.7 Å². The predicted molar refractivity (Wildman–Crippen MR) is 210 cm³/mol. The number of nitrogens with two attached hydrogens (primary N) is 1. The summed E-state index contributed by atoms with van der Waals surface area (Å²) in [6.07, 6.45) is 6.62. The smallest absolute Gasteiger partial charge is 0.201 e. The Morgan fingerprint density at radius 2 is 1.84 bits per heavy atom. The standard InChI is InChI=1S/C42H39BrFN5O7/c1-52-40-15-26(3-7-39(40)56-24-31-23-54-10-11-55-31)28-14-33(42(46)48-17-28)32-5-2-25(12-36(32)44)13-38(50)35-21-49(19-27-8-9-53-22-29(27)16-45)20-34(41(35)51)37-6-4-30(43)18-47-37/h2-7,12,14-15,17-18,20-21,27,29,31H,8-11,13,19,22-24H2,1H3,(H2,46,48)/t27?,29?,31-/m1/s1. The fourth-order valence-corrected chi connectivity index (χ4v) is 7.10. The number of hydrogen-bond donors (Lipinski definition) is 1. The van der Waals surface area contributed by atoms with Gasteiger partial charge >= 0.3 is 0 Å². The molecule has 5 heterocycles. The van der Waals surface area contributed by atoms with Crippen LogP contribution in [0.3, 0.4) is 0 Å². The molecule has 0 radical (unpaired) electrons. The second-order valence-corrected chi connectivity index (χ2v) is 14.6. The van der Waals surface area contributed by atoms with Gasteiger partial charge in [-0.25, -0.2) is 9.37 Å². The maximum Gasteiger partial charge on any atom is 0.201 e. The number of ketones is 1. The average molecular weight is 825 g/mol. The van der Waals surface area contributed by atoms with Crippen LogP contribution in [-0.4, -0.2) is 73.2 Å². The van der Waals surface area contributed by atoms with Crippen molar-refractivity contribution in [3.63, 3.8) is 0 Å². The number of pyridine rings is 3. The van der Waals surface area contributed by atoms with Crippen LogP contribution in [-0.2, 0) is 27.2 Å². The van der Waals surface area contributed by atoms with E-state index in [1.807, 2.05) is 6.07 Å². The van der Waals surface area contributed by atoms with E-state index < -0.39 is 17.0 Å². The van der Waals surface area contributed by atoms with Gasteiger partial charge in [0.15, 0.2) is 17.3 Å². The highest BCUT2D eigenvalue weighted by Crippen LogP contribution is 2.36. The first-order valence-electron chi connectivity index (χ1n) is 18.1. The average Bonchev–Trinajstić information content (AvgIpc) is 3.22. The van der Waals surface area contributed by atoms with Gasteiger partial charge in [0.2, 0.25) is 5.43 Å². The highest BCUT2D eigenvalue weighted by atomic mass is 79.9. The van der Waals surface area contributed by atoms with E-state index in [4.69, 9.17) is 29.4 Å². The first kappa shape index (κ1) is 38.8. The lowest BCUT2D eigenvalue weighted by molar-refractivity contribution is -0.101. The Balaban J connectivity index is 1.13. The van der Waals surface area contributed by atoms with Crippen LogP contribution in [0.2, 0.25) is 0 Å². The van der Waals surface area contributed by atoms with Crippen molar-refractivity contribution < 1.29 is 32.9 Å². The van der Waals surface area contributed by atoms with Crippen molar-refractivity contribution in [2.24, 2.45) is 11.8 Å². The normalized spacial score (nSPS) is 18.2. The number of methoxy groups -OCH3 is 1. The van der Waals surface area contributed by atoms with E-state index in [9.17, 15) is 14.9 Å². The van der Waals surface area contributed by atoms with Crippen molar-refractivity contribution in [2.75, 3.05) is 52.5 Å². The Hall–Kier alpha value is -5.46. The Bertz CT molecular complexity index is 2320. The van der Waals surface area contributed by atoms with Gasteiger partial charge in [-0.05, 0) is 75.8 Å². The van der Waals surface area contributed by atoms with Gasteiger partial charge in [0.1, 0.15) is 24.3 Å². The molecule has 12 nitrogen and oxygen atoms in total. The molecular formula is C42H39BrFN5O7. The van der Waals surface area contributed by atoms with Crippen molar-refractivity contribution in [2.45, 2.75) is 25.5 Å². The maximum atomic E-state index is 15.9. The van der Waals surface area contributed by atoms with E-state index in [0.717, 1.165) is 10.0 Å². The lowest BCUT2D eigenvalue weighted by atomic mass is 9.89. The van der Waals surface area contributed by atoms with Gasteiger partial charge in [0, 0.05) is 65.5 Å². The van der Waals surface area contributed by atoms with E-state index in [1.165, 1.54) is 12.3 Å². The van der Waals surface area contributed by atoms with Gasteiger partial charge in [-0.1, -0.05) is 18.2 Å². The van der Waals surface area contributed by atoms with Gasteiger partial charge in [-0.2, -0.15) is 5.26 Å². The van der Waals surface area contributed by atoms with E-state index in [0.29, 0.717) is 86.5 Å². The summed E-state index contributed by atoms with van der Waals surface area (Å²) in [6, 6.07) is 17.4. The molecule has 3 aromatic heterocycles. The van der Waals surface area contributed by atoms with Crippen LogP contribution >= 0.6 is 15.9 Å². The molecule has 2 aromatic carbocycles. The molecule has 2 fully saturated rings. The molecule has 2 N–H and O–H groups in total.